The van der Waals surface area contributed by atoms with Crippen LogP contribution in [-0.4, -0.2) is 78.3 Å². The molecule has 0 saturated carbocycles. The Morgan fingerprint density at radius 2 is 2.00 bits per heavy atom. The summed E-state index contributed by atoms with van der Waals surface area (Å²) in [6, 6.07) is 3.91. The summed E-state index contributed by atoms with van der Waals surface area (Å²) in [6.45, 7) is 2.69. The number of imide groups is 2. The number of benzene rings is 1. The van der Waals surface area contributed by atoms with Gasteiger partial charge in [-0.05, 0) is 31.0 Å². The van der Waals surface area contributed by atoms with Gasteiger partial charge in [0.1, 0.15) is 12.3 Å². The number of piperazine rings is 1. The van der Waals surface area contributed by atoms with Gasteiger partial charge in [-0.3, -0.25) is 34.2 Å². The molecule has 1 N–H and O–H groups in total. The molecule has 10 nitrogen and oxygen atoms in total. The highest BCUT2D eigenvalue weighted by atomic mass is 16.2. The zero-order valence-corrected chi connectivity index (χ0v) is 16.5. The summed E-state index contributed by atoms with van der Waals surface area (Å²) in [5.41, 5.74) is 1.46. The van der Waals surface area contributed by atoms with Crippen molar-refractivity contribution < 1.29 is 28.8 Å². The van der Waals surface area contributed by atoms with Crippen molar-refractivity contribution >= 4 is 42.0 Å². The van der Waals surface area contributed by atoms with E-state index in [9.17, 15) is 28.8 Å². The van der Waals surface area contributed by atoms with Crippen LogP contribution in [0, 0.1) is 6.92 Å². The molecule has 30 heavy (non-hydrogen) atoms. The second-order valence-electron chi connectivity index (χ2n) is 7.16. The monoisotopic (exact) mass is 414 g/mol. The van der Waals surface area contributed by atoms with Gasteiger partial charge in [0.05, 0.1) is 13.1 Å². The molecule has 0 radical (unpaired) electrons. The second-order valence-corrected chi connectivity index (χ2v) is 7.16. The van der Waals surface area contributed by atoms with Crippen molar-refractivity contribution in [3.05, 3.63) is 29.3 Å². The van der Waals surface area contributed by atoms with Crippen LogP contribution in [0.4, 0.5) is 5.69 Å². The van der Waals surface area contributed by atoms with Gasteiger partial charge in [-0.25, -0.2) is 0 Å². The first-order valence-corrected chi connectivity index (χ1v) is 9.55. The van der Waals surface area contributed by atoms with Gasteiger partial charge in [0.2, 0.25) is 24.1 Å². The Bertz CT molecular complexity index is 915. The minimum Gasteiger partial charge on any atom is -0.360 e. The number of hydrogen-bond acceptors (Lipinski definition) is 7. The van der Waals surface area contributed by atoms with Gasteiger partial charge in [0.25, 0.3) is 5.91 Å². The maximum atomic E-state index is 13.1. The third-order valence-corrected chi connectivity index (χ3v) is 5.38. The molecule has 10 heteroatoms. The molecule has 1 unspecified atom stereocenters. The van der Waals surface area contributed by atoms with Gasteiger partial charge in [-0.15, -0.1) is 0 Å². The molecule has 0 bridgehead atoms. The zero-order valence-electron chi connectivity index (χ0n) is 16.5. The third-order valence-electron chi connectivity index (χ3n) is 5.38. The van der Waals surface area contributed by atoms with Crippen molar-refractivity contribution in [1.82, 2.24) is 15.1 Å². The van der Waals surface area contributed by atoms with Crippen LogP contribution in [0.15, 0.2) is 18.2 Å². The molecule has 0 aromatic heterocycles. The SMILES string of the molecule is Cc1c(C(=O)N(C=O)C2CCC(=O)NC2=O)cccc1N1CCN(CC=O)C(=O)C1. The van der Waals surface area contributed by atoms with Gasteiger partial charge >= 0.3 is 0 Å². The zero-order chi connectivity index (χ0) is 21.8. The van der Waals surface area contributed by atoms with Gasteiger partial charge in [0.15, 0.2) is 0 Å². The van der Waals surface area contributed by atoms with Crippen LogP contribution in [0.1, 0.15) is 28.8 Å². The summed E-state index contributed by atoms with van der Waals surface area (Å²) in [5, 5.41) is 2.14. The predicted octanol–water partition coefficient (Wildman–Crippen LogP) is -0.754. The normalized spacial score (nSPS) is 19.4. The molecule has 1 atom stereocenters. The Morgan fingerprint density at radius 3 is 2.63 bits per heavy atom. The smallest absolute Gasteiger partial charge is 0.261 e. The fourth-order valence-corrected chi connectivity index (χ4v) is 3.74. The van der Waals surface area contributed by atoms with E-state index in [-0.39, 0.29) is 37.4 Å². The maximum absolute atomic E-state index is 13.1. The molecule has 1 aromatic carbocycles. The van der Waals surface area contributed by atoms with Crippen LogP contribution < -0.4 is 10.2 Å². The Labute approximate surface area is 172 Å². The summed E-state index contributed by atoms with van der Waals surface area (Å²) in [5.74, 6) is -1.96. The third kappa shape index (κ3) is 4.07. The number of nitrogens with one attached hydrogen (secondary N) is 1. The number of nitrogens with zero attached hydrogens (tertiary/aromatic N) is 3. The van der Waals surface area contributed by atoms with Gasteiger partial charge in [0, 0.05) is 30.8 Å². The number of carbonyl (C=O) groups excluding carboxylic acids is 6. The summed E-state index contributed by atoms with van der Waals surface area (Å²) in [4.78, 5) is 75.2. The molecule has 2 aliphatic rings. The molecule has 3 rings (SSSR count). The van der Waals surface area contributed by atoms with Crippen molar-refractivity contribution in [2.45, 2.75) is 25.8 Å². The van der Waals surface area contributed by atoms with Gasteiger partial charge in [-0.1, -0.05) is 6.07 Å². The van der Waals surface area contributed by atoms with Crippen molar-refractivity contribution in [1.29, 1.82) is 0 Å². The van der Waals surface area contributed by atoms with Crippen molar-refractivity contribution in [2.75, 3.05) is 31.1 Å². The molecular formula is C20H22N4O6. The van der Waals surface area contributed by atoms with Crippen LogP contribution in [-0.2, 0) is 24.0 Å². The lowest BCUT2D eigenvalue weighted by Crippen LogP contribution is -2.54. The van der Waals surface area contributed by atoms with Crippen LogP contribution in [0.3, 0.4) is 0 Å². The average Bonchev–Trinajstić information content (AvgIpc) is 2.72. The molecule has 5 amide bonds. The number of rotatable bonds is 6. The van der Waals surface area contributed by atoms with E-state index in [4.69, 9.17) is 0 Å². The fraction of sp³-hybridized carbons (Fsp3) is 0.400. The first-order chi connectivity index (χ1) is 14.4. The van der Waals surface area contributed by atoms with E-state index in [1.54, 1.807) is 25.1 Å². The molecule has 1 aromatic rings. The summed E-state index contributed by atoms with van der Waals surface area (Å²) in [7, 11) is 0. The molecule has 0 spiro atoms. The Morgan fingerprint density at radius 1 is 1.23 bits per heavy atom. The number of carbonyl (C=O) groups is 6. The first-order valence-electron chi connectivity index (χ1n) is 9.55. The second kappa shape index (κ2) is 8.85. The average molecular weight is 414 g/mol. The van der Waals surface area contributed by atoms with Crippen molar-refractivity contribution in [3.63, 3.8) is 0 Å². The van der Waals surface area contributed by atoms with E-state index in [1.165, 1.54) is 4.90 Å². The number of anilines is 1. The van der Waals surface area contributed by atoms with Crippen LogP contribution in [0.2, 0.25) is 0 Å². The van der Waals surface area contributed by atoms with Crippen LogP contribution >= 0.6 is 0 Å². The Kier molecular flexibility index (Phi) is 6.24. The van der Waals surface area contributed by atoms with Crippen LogP contribution in [0.25, 0.3) is 0 Å². The number of aldehydes is 1. The van der Waals surface area contributed by atoms with Crippen molar-refractivity contribution in [3.8, 4) is 0 Å². The Hall–Kier alpha value is -3.56. The van der Waals surface area contributed by atoms with Gasteiger partial charge in [-0.2, -0.15) is 0 Å². The minimum absolute atomic E-state index is 0.0419. The lowest BCUT2D eigenvalue weighted by atomic mass is 10.0. The van der Waals surface area contributed by atoms with Gasteiger partial charge < -0.3 is 14.6 Å². The fourth-order valence-electron chi connectivity index (χ4n) is 3.74. The topological polar surface area (TPSA) is 124 Å². The molecule has 2 saturated heterocycles. The molecule has 0 aliphatic carbocycles. The molecular weight excluding hydrogens is 392 g/mol. The molecule has 2 aliphatic heterocycles. The van der Waals surface area contributed by atoms with E-state index in [0.29, 0.717) is 37.0 Å². The highest BCUT2D eigenvalue weighted by Crippen LogP contribution is 2.26. The number of amides is 5. The standard InChI is InChI=1S/C20H22N4O6/c1-13-14(20(30)24(12-26)16-5-6-17(27)21-19(16)29)3-2-4-15(13)23-8-7-22(9-10-25)18(28)11-23/h2-4,10,12,16H,5-9,11H2,1H3,(H,21,27,29). The van der Waals surface area contributed by atoms with E-state index in [2.05, 4.69) is 5.32 Å². The van der Waals surface area contributed by atoms with Crippen molar-refractivity contribution in [2.24, 2.45) is 0 Å². The first kappa shape index (κ1) is 21.2. The summed E-state index contributed by atoms with van der Waals surface area (Å²) in [6.07, 6.45) is 1.10. The molecule has 158 valence electrons. The molecule has 2 fully saturated rings. The van der Waals surface area contributed by atoms with E-state index >= 15 is 0 Å². The lowest BCUT2D eigenvalue weighted by molar-refractivity contribution is -0.139. The number of piperidine rings is 1. The quantitative estimate of drug-likeness (QED) is 0.480. The summed E-state index contributed by atoms with van der Waals surface area (Å²) >= 11 is 0. The summed E-state index contributed by atoms with van der Waals surface area (Å²) < 4.78 is 0. The van der Waals surface area contributed by atoms with E-state index < -0.39 is 23.8 Å². The highest BCUT2D eigenvalue weighted by molar-refractivity contribution is 6.08. The minimum atomic E-state index is -1.05. The predicted molar refractivity (Wildman–Crippen MR) is 104 cm³/mol. The highest BCUT2D eigenvalue weighted by Gasteiger charge is 2.35. The number of hydrogen-bond donors (Lipinski definition) is 1. The largest absolute Gasteiger partial charge is 0.360 e. The Balaban J connectivity index is 1.83. The van der Waals surface area contributed by atoms with E-state index in [0.717, 1.165) is 4.90 Å². The molecule has 2 heterocycles. The van der Waals surface area contributed by atoms with Crippen LogP contribution in [0.5, 0.6) is 0 Å². The lowest BCUT2D eigenvalue weighted by Gasteiger charge is -2.36. The maximum Gasteiger partial charge on any atom is 0.261 e. The van der Waals surface area contributed by atoms with E-state index in [1.807, 2.05) is 4.90 Å².